The number of carbonyl (C=O) groups is 1. The number of hydrogen-bond acceptors (Lipinski definition) is 4. The molecule has 1 aliphatic heterocycles. The van der Waals surface area contributed by atoms with Gasteiger partial charge in [0, 0.05) is 13.0 Å². The topological polar surface area (TPSA) is 41.6 Å². The van der Waals surface area contributed by atoms with E-state index in [4.69, 9.17) is 4.74 Å². The molecule has 1 atom stereocenters. The summed E-state index contributed by atoms with van der Waals surface area (Å²) in [6.45, 7) is 2.94. The number of nitrogens with zero attached hydrogens (tertiary/aromatic N) is 1. The Labute approximate surface area is 124 Å². The molecule has 1 aromatic heterocycles. The van der Waals surface area contributed by atoms with Crippen molar-refractivity contribution in [2.75, 3.05) is 33.3 Å². The van der Waals surface area contributed by atoms with Gasteiger partial charge in [-0.05, 0) is 42.4 Å². The number of hydrogen-bond donors (Lipinski definition) is 1. The van der Waals surface area contributed by atoms with Crippen LogP contribution in [0.15, 0.2) is 16.8 Å². The number of carbonyl (C=O) groups excluding carboxylic acids is 1. The molecule has 1 unspecified atom stereocenters. The Morgan fingerprint density at radius 2 is 2.47 bits per heavy atom. The lowest BCUT2D eigenvalue weighted by Gasteiger charge is -2.32. The highest BCUT2D eigenvalue weighted by atomic mass is 35.5. The molecular formula is C13H21ClN2O2S. The average Bonchev–Trinajstić information content (AvgIpc) is 2.93. The fourth-order valence-corrected chi connectivity index (χ4v) is 2.81. The summed E-state index contributed by atoms with van der Waals surface area (Å²) in [6, 6.07) is 2.07. The molecule has 4 nitrogen and oxygen atoms in total. The van der Waals surface area contributed by atoms with Crippen LogP contribution < -0.4 is 5.32 Å². The maximum Gasteiger partial charge on any atom is 0.222 e. The maximum atomic E-state index is 12.0. The van der Waals surface area contributed by atoms with E-state index in [1.165, 1.54) is 5.56 Å². The number of nitrogens with one attached hydrogen (secondary N) is 1. The quantitative estimate of drug-likeness (QED) is 0.847. The molecule has 108 valence electrons. The van der Waals surface area contributed by atoms with Crippen molar-refractivity contribution in [3.8, 4) is 0 Å². The molecule has 0 saturated carbocycles. The van der Waals surface area contributed by atoms with Gasteiger partial charge in [0.15, 0.2) is 0 Å². The monoisotopic (exact) mass is 304 g/mol. The Hall–Kier alpha value is -0.620. The van der Waals surface area contributed by atoms with Crippen molar-refractivity contribution >= 4 is 29.7 Å². The summed E-state index contributed by atoms with van der Waals surface area (Å²) in [5, 5.41) is 7.21. The fraction of sp³-hybridized carbons (Fsp3) is 0.615. The molecule has 1 N–H and O–H groups in total. The van der Waals surface area contributed by atoms with Gasteiger partial charge in [-0.25, -0.2) is 0 Å². The molecule has 1 aliphatic rings. The molecule has 2 rings (SSSR count). The molecule has 1 saturated heterocycles. The number of ether oxygens (including phenoxy) is 1. The molecule has 0 aliphatic carbocycles. The number of thiophene rings is 1. The lowest BCUT2D eigenvalue weighted by atomic mass is 10.1. The van der Waals surface area contributed by atoms with Crippen molar-refractivity contribution in [1.29, 1.82) is 0 Å². The van der Waals surface area contributed by atoms with Crippen LogP contribution in [0.3, 0.4) is 0 Å². The number of morpholine rings is 1. The zero-order valence-electron chi connectivity index (χ0n) is 11.1. The van der Waals surface area contributed by atoms with Gasteiger partial charge in [0.25, 0.3) is 0 Å². The van der Waals surface area contributed by atoms with Crippen molar-refractivity contribution in [2.45, 2.75) is 18.9 Å². The Morgan fingerprint density at radius 1 is 1.63 bits per heavy atom. The van der Waals surface area contributed by atoms with Gasteiger partial charge in [-0.2, -0.15) is 11.3 Å². The van der Waals surface area contributed by atoms with Gasteiger partial charge in [0.2, 0.25) is 5.91 Å². The molecule has 2 heterocycles. The third-order valence-corrected chi connectivity index (χ3v) is 3.85. The summed E-state index contributed by atoms with van der Waals surface area (Å²) < 4.78 is 5.73. The van der Waals surface area contributed by atoms with Crippen LogP contribution in [0.25, 0.3) is 0 Å². The zero-order chi connectivity index (χ0) is 12.8. The van der Waals surface area contributed by atoms with Gasteiger partial charge >= 0.3 is 0 Å². The predicted molar refractivity (Wildman–Crippen MR) is 80.0 cm³/mol. The highest BCUT2D eigenvalue weighted by molar-refractivity contribution is 7.07. The van der Waals surface area contributed by atoms with Crippen LogP contribution in [-0.4, -0.2) is 44.1 Å². The largest absolute Gasteiger partial charge is 0.370 e. The van der Waals surface area contributed by atoms with Crippen molar-refractivity contribution < 1.29 is 9.53 Å². The van der Waals surface area contributed by atoms with Crippen LogP contribution in [0.4, 0.5) is 0 Å². The standard InChI is InChI=1S/C13H20N2O2S.ClH/c1-14-5-2-3-13(16)15-6-7-17-12(9-15)11-4-8-18-10-11;/h4,8,10,12,14H,2-3,5-7,9H2,1H3;1H. The highest BCUT2D eigenvalue weighted by Crippen LogP contribution is 2.24. The minimum atomic E-state index is 0. The van der Waals surface area contributed by atoms with E-state index in [1.54, 1.807) is 11.3 Å². The Balaban J connectivity index is 0.00000180. The summed E-state index contributed by atoms with van der Waals surface area (Å²) in [6.07, 6.45) is 1.57. The number of halogens is 1. The SMILES string of the molecule is CNCCCC(=O)N1CCOC(c2ccsc2)C1.Cl. The van der Waals surface area contributed by atoms with Crippen molar-refractivity contribution in [3.05, 3.63) is 22.4 Å². The van der Waals surface area contributed by atoms with Crippen molar-refractivity contribution in [3.63, 3.8) is 0 Å². The molecule has 19 heavy (non-hydrogen) atoms. The summed E-state index contributed by atoms with van der Waals surface area (Å²) in [7, 11) is 1.91. The van der Waals surface area contributed by atoms with E-state index in [9.17, 15) is 4.79 Å². The normalized spacial score (nSPS) is 19.0. The molecule has 1 fully saturated rings. The predicted octanol–water partition coefficient (Wildman–Crippen LogP) is 2.07. The first-order valence-electron chi connectivity index (χ1n) is 6.37. The molecule has 0 radical (unpaired) electrons. The zero-order valence-corrected chi connectivity index (χ0v) is 12.8. The minimum absolute atomic E-state index is 0. The Kier molecular flexibility index (Phi) is 7.38. The van der Waals surface area contributed by atoms with E-state index in [0.29, 0.717) is 19.6 Å². The molecule has 0 spiro atoms. The van der Waals surface area contributed by atoms with Gasteiger partial charge in [-0.3, -0.25) is 4.79 Å². The number of rotatable bonds is 5. The van der Waals surface area contributed by atoms with E-state index in [2.05, 4.69) is 16.8 Å². The van der Waals surface area contributed by atoms with Crippen molar-refractivity contribution in [1.82, 2.24) is 10.2 Å². The van der Waals surface area contributed by atoms with E-state index >= 15 is 0 Å². The van der Waals surface area contributed by atoms with Crippen LogP contribution in [-0.2, 0) is 9.53 Å². The van der Waals surface area contributed by atoms with E-state index < -0.39 is 0 Å². The van der Waals surface area contributed by atoms with Crippen LogP contribution in [0, 0.1) is 0 Å². The van der Waals surface area contributed by atoms with Gasteiger partial charge in [-0.15, -0.1) is 12.4 Å². The van der Waals surface area contributed by atoms with Gasteiger partial charge < -0.3 is 15.0 Å². The highest BCUT2D eigenvalue weighted by Gasteiger charge is 2.25. The maximum absolute atomic E-state index is 12.0. The van der Waals surface area contributed by atoms with Crippen LogP contribution in [0.5, 0.6) is 0 Å². The Bertz CT molecular complexity index is 373. The molecular weight excluding hydrogens is 284 g/mol. The lowest BCUT2D eigenvalue weighted by molar-refractivity contribution is -0.139. The molecule has 1 amide bonds. The molecule has 0 aromatic carbocycles. The summed E-state index contributed by atoms with van der Waals surface area (Å²) in [5.41, 5.74) is 1.19. The average molecular weight is 305 g/mol. The van der Waals surface area contributed by atoms with E-state index in [-0.39, 0.29) is 24.4 Å². The van der Waals surface area contributed by atoms with Crippen LogP contribution in [0.2, 0.25) is 0 Å². The molecule has 1 aromatic rings. The van der Waals surface area contributed by atoms with E-state index in [0.717, 1.165) is 19.5 Å². The van der Waals surface area contributed by atoms with E-state index in [1.807, 2.05) is 17.3 Å². The second-order valence-electron chi connectivity index (χ2n) is 4.46. The Morgan fingerprint density at radius 3 is 3.16 bits per heavy atom. The lowest BCUT2D eigenvalue weighted by Crippen LogP contribution is -2.42. The third-order valence-electron chi connectivity index (χ3n) is 3.15. The first kappa shape index (κ1) is 16.4. The first-order valence-corrected chi connectivity index (χ1v) is 7.31. The second kappa shape index (κ2) is 8.53. The van der Waals surface area contributed by atoms with Gasteiger partial charge in [0.1, 0.15) is 6.10 Å². The van der Waals surface area contributed by atoms with Crippen LogP contribution >= 0.6 is 23.7 Å². The van der Waals surface area contributed by atoms with Gasteiger partial charge in [0.05, 0.1) is 13.2 Å². The second-order valence-corrected chi connectivity index (χ2v) is 5.24. The first-order chi connectivity index (χ1) is 8.81. The summed E-state index contributed by atoms with van der Waals surface area (Å²) >= 11 is 1.67. The summed E-state index contributed by atoms with van der Waals surface area (Å²) in [5.74, 6) is 0.244. The third kappa shape index (κ3) is 4.76. The fourth-order valence-electron chi connectivity index (χ4n) is 2.11. The van der Waals surface area contributed by atoms with Crippen molar-refractivity contribution in [2.24, 2.45) is 0 Å². The molecule has 6 heteroatoms. The number of amides is 1. The minimum Gasteiger partial charge on any atom is -0.370 e. The van der Waals surface area contributed by atoms with Gasteiger partial charge in [-0.1, -0.05) is 0 Å². The molecule has 0 bridgehead atoms. The van der Waals surface area contributed by atoms with Crippen LogP contribution in [0.1, 0.15) is 24.5 Å². The smallest absolute Gasteiger partial charge is 0.222 e. The summed E-state index contributed by atoms with van der Waals surface area (Å²) in [4.78, 5) is 14.0.